The molecule has 0 aromatic heterocycles. The molecule has 16 nitrogen and oxygen atoms in total. The van der Waals surface area contributed by atoms with Crippen molar-refractivity contribution in [3.05, 3.63) is 119 Å². The molecule has 0 saturated carbocycles. The number of methoxy groups -OCH3 is 3. The minimum Gasteiger partial charge on any atom is -0.508 e. The highest BCUT2D eigenvalue weighted by Crippen LogP contribution is 2.37. The lowest BCUT2D eigenvalue weighted by Gasteiger charge is -2.09. The van der Waals surface area contributed by atoms with Crippen LogP contribution in [0.4, 0.5) is 0 Å². The van der Waals surface area contributed by atoms with Gasteiger partial charge in [-0.1, -0.05) is 24.3 Å². The summed E-state index contributed by atoms with van der Waals surface area (Å²) in [6.07, 6.45) is 9.59. The quantitative estimate of drug-likeness (QED) is 0.0655. The second kappa shape index (κ2) is 23.6. The molecule has 0 aliphatic rings. The Labute approximate surface area is 313 Å². The first-order valence-electron chi connectivity index (χ1n) is 15.3. The van der Waals surface area contributed by atoms with Crippen LogP contribution in [0.2, 0.25) is 0 Å². The van der Waals surface area contributed by atoms with E-state index in [1.807, 2.05) is 0 Å². The van der Waals surface area contributed by atoms with Crippen molar-refractivity contribution in [2.45, 2.75) is 0 Å². The van der Waals surface area contributed by atoms with Crippen LogP contribution in [0.5, 0.6) is 46.0 Å². The number of hydrogen-bond acceptors (Lipinski definition) is 12. The van der Waals surface area contributed by atoms with Crippen molar-refractivity contribution in [1.29, 1.82) is 0 Å². The van der Waals surface area contributed by atoms with Crippen LogP contribution in [0.25, 0.3) is 24.3 Å². The molecule has 55 heavy (non-hydrogen) atoms. The van der Waals surface area contributed by atoms with Crippen LogP contribution in [-0.2, 0) is 19.2 Å². The van der Waals surface area contributed by atoms with Gasteiger partial charge in [0.15, 0.2) is 34.5 Å². The van der Waals surface area contributed by atoms with E-state index in [2.05, 4.69) is 0 Å². The van der Waals surface area contributed by atoms with Gasteiger partial charge in [0.1, 0.15) is 5.75 Å². The fourth-order valence-corrected chi connectivity index (χ4v) is 3.71. The van der Waals surface area contributed by atoms with Crippen LogP contribution in [-0.4, -0.2) is 91.2 Å². The van der Waals surface area contributed by atoms with Crippen molar-refractivity contribution in [3.63, 3.8) is 0 Å². The minimum atomic E-state index is -1.06. The van der Waals surface area contributed by atoms with E-state index in [4.69, 9.17) is 50.0 Å². The maximum absolute atomic E-state index is 10.3. The van der Waals surface area contributed by atoms with Crippen LogP contribution in [0, 0.1) is 0 Å². The molecule has 4 aromatic carbocycles. The lowest BCUT2D eigenvalue weighted by Crippen LogP contribution is -1.91. The fraction of sp³-hybridized carbons (Fsp3) is 0.0769. The number of carboxylic acid groups (broad SMARTS) is 4. The topological polar surface area (TPSA) is 278 Å². The molecule has 0 atom stereocenters. The summed E-state index contributed by atoms with van der Waals surface area (Å²) in [5, 5.41) is 79.2. The monoisotopic (exact) mass is 762 g/mol. The third-order valence-electron chi connectivity index (χ3n) is 6.27. The molecule has 0 spiro atoms. The molecule has 0 aliphatic carbocycles. The van der Waals surface area contributed by atoms with Gasteiger partial charge in [-0.05, 0) is 95.1 Å². The molecule has 16 heteroatoms. The van der Waals surface area contributed by atoms with Gasteiger partial charge in [0.2, 0.25) is 5.75 Å². The van der Waals surface area contributed by atoms with E-state index in [0.717, 1.165) is 29.9 Å². The molecule has 0 heterocycles. The van der Waals surface area contributed by atoms with Gasteiger partial charge in [-0.3, -0.25) is 0 Å². The Balaban J connectivity index is 0.000000369. The van der Waals surface area contributed by atoms with Crippen LogP contribution in [0.3, 0.4) is 0 Å². The second-order valence-corrected chi connectivity index (χ2v) is 10.2. The first-order valence-corrected chi connectivity index (χ1v) is 15.3. The fourth-order valence-electron chi connectivity index (χ4n) is 3.71. The Morgan fingerprint density at radius 1 is 0.418 bits per heavy atom. The third-order valence-corrected chi connectivity index (χ3v) is 6.27. The smallest absolute Gasteiger partial charge is 0.328 e. The highest BCUT2D eigenvalue weighted by Gasteiger charge is 2.10. The van der Waals surface area contributed by atoms with E-state index in [1.165, 1.54) is 94.2 Å². The average molecular weight is 763 g/mol. The number of aromatic hydroxyl groups is 5. The summed E-state index contributed by atoms with van der Waals surface area (Å²) in [6, 6.07) is 17.9. The number of rotatable bonds is 11. The molecule has 290 valence electrons. The van der Waals surface area contributed by atoms with Crippen molar-refractivity contribution in [2.75, 3.05) is 21.3 Å². The Morgan fingerprint density at radius 3 is 1.16 bits per heavy atom. The van der Waals surface area contributed by atoms with Crippen molar-refractivity contribution in [3.8, 4) is 46.0 Å². The predicted molar refractivity (Wildman–Crippen MR) is 200 cm³/mol. The van der Waals surface area contributed by atoms with Crippen molar-refractivity contribution in [2.24, 2.45) is 0 Å². The van der Waals surface area contributed by atoms with Gasteiger partial charge in [0.05, 0.1) is 21.3 Å². The Kier molecular flexibility index (Phi) is 19.3. The van der Waals surface area contributed by atoms with Crippen molar-refractivity contribution in [1.82, 2.24) is 0 Å². The zero-order valence-corrected chi connectivity index (χ0v) is 29.4. The van der Waals surface area contributed by atoms with E-state index < -0.39 is 23.9 Å². The van der Waals surface area contributed by atoms with Gasteiger partial charge >= 0.3 is 23.9 Å². The Bertz CT molecular complexity index is 2000. The van der Waals surface area contributed by atoms with E-state index in [1.54, 1.807) is 24.3 Å². The van der Waals surface area contributed by atoms with E-state index in [0.29, 0.717) is 22.4 Å². The highest BCUT2D eigenvalue weighted by molar-refractivity contribution is 5.87. The van der Waals surface area contributed by atoms with E-state index in [-0.39, 0.29) is 40.2 Å². The average Bonchev–Trinajstić information content (AvgIpc) is 3.15. The number of benzene rings is 4. The first-order chi connectivity index (χ1) is 26.0. The van der Waals surface area contributed by atoms with Gasteiger partial charge < -0.3 is 60.2 Å². The summed E-state index contributed by atoms with van der Waals surface area (Å²) in [4.78, 5) is 40.8. The summed E-state index contributed by atoms with van der Waals surface area (Å²) in [7, 11) is 4.23. The zero-order valence-electron chi connectivity index (χ0n) is 29.4. The molecule has 0 bridgehead atoms. The predicted octanol–water partition coefficient (Wildman–Crippen LogP) is 5.69. The molecule has 0 fully saturated rings. The standard InChI is InChI=1S/C11H12O5.C10H10O4.C9H8O4.C9H8O3/c1-15-8-5-7(3-4-10(12)13)6-9(16-2)11(8)14;1-14-9-6-7(2-4-8(9)11)3-5-10(12)13;10-7-3-1-6(5-8(7)11)2-4-9(12)13;10-8-4-1-7(2-5-8)3-6-9(11)12/h3-6,14H,1-2H3,(H,12,13);2-6,11H,1H3,(H,12,13);1-5,10-11H,(H,12,13);1-6,10H,(H,11,12)/b4-3+;5-3+;4-2+;6-3+. The van der Waals surface area contributed by atoms with Crippen molar-refractivity contribution < 1.29 is 79.3 Å². The molecular formula is C39H38O16. The van der Waals surface area contributed by atoms with Gasteiger partial charge in [0.25, 0.3) is 0 Å². The van der Waals surface area contributed by atoms with E-state index >= 15 is 0 Å². The van der Waals surface area contributed by atoms with Crippen LogP contribution in [0.1, 0.15) is 22.3 Å². The summed E-state index contributed by atoms with van der Waals surface area (Å²) >= 11 is 0. The lowest BCUT2D eigenvalue weighted by molar-refractivity contribution is -0.132. The van der Waals surface area contributed by atoms with Gasteiger partial charge in [-0.2, -0.15) is 0 Å². The summed E-state index contributed by atoms with van der Waals surface area (Å²) in [5.74, 6) is -3.76. The Hall–Kier alpha value is -7.88. The maximum Gasteiger partial charge on any atom is 0.328 e. The number of hydrogen-bond donors (Lipinski definition) is 9. The SMILES string of the molecule is COc1cc(/C=C/C(=O)O)cc(OC)c1O.COc1cc(/C=C/C(=O)O)ccc1O.O=C(O)/C=C/c1ccc(O)c(O)c1.O=C(O)/C=C/c1ccc(O)cc1. The number of carbonyl (C=O) groups is 4. The van der Waals surface area contributed by atoms with Gasteiger partial charge in [-0.25, -0.2) is 19.2 Å². The lowest BCUT2D eigenvalue weighted by atomic mass is 10.1. The number of aliphatic carboxylic acids is 4. The molecule has 0 radical (unpaired) electrons. The number of phenols is 5. The van der Waals surface area contributed by atoms with Crippen LogP contribution in [0.15, 0.2) is 97.1 Å². The van der Waals surface area contributed by atoms with Crippen LogP contribution >= 0.6 is 0 Å². The third kappa shape index (κ3) is 18.3. The number of ether oxygens (including phenoxy) is 3. The normalized spacial score (nSPS) is 10.4. The minimum absolute atomic E-state index is 0.0278. The number of phenolic OH excluding ortho intramolecular Hbond substituents is 5. The molecular weight excluding hydrogens is 724 g/mol. The summed E-state index contributed by atoms with van der Waals surface area (Å²) in [5.41, 5.74) is 2.48. The molecule has 0 amide bonds. The van der Waals surface area contributed by atoms with Crippen molar-refractivity contribution >= 4 is 48.2 Å². The first kappa shape index (κ1) is 45.1. The second-order valence-electron chi connectivity index (χ2n) is 10.2. The molecule has 0 unspecified atom stereocenters. The van der Waals surface area contributed by atoms with E-state index in [9.17, 15) is 29.4 Å². The van der Waals surface area contributed by atoms with Gasteiger partial charge in [-0.15, -0.1) is 0 Å². The highest BCUT2D eigenvalue weighted by atomic mass is 16.5. The molecule has 4 aromatic rings. The van der Waals surface area contributed by atoms with Crippen LogP contribution < -0.4 is 14.2 Å². The summed E-state index contributed by atoms with van der Waals surface area (Å²) < 4.78 is 14.7. The molecule has 4 rings (SSSR count). The number of carboxylic acids is 4. The molecule has 0 saturated heterocycles. The zero-order chi connectivity index (χ0) is 41.5. The molecule has 9 N–H and O–H groups in total. The Morgan fingerprint density at radius 2 is 0.764 bits per heavy atom. The largest absolute Gasteiger partial charge is 0.508 e. The maximum atomic E-state index is 10.3. The molecule has 0 aliphatic heterocycles. The van der Waals surface area contributed by atoms with Gasteiger partial charge in [0, 0.05) is 24.3 Å². The summed E-state index contributed by atoms with van der Waals surface area (Å²) in [6.45, 7) is 0.